The van der Waals surface area contributed by atoms with Crippen molar-refractivity contribution < 1.29 is 13.5 Å². The number of nitrogens with one attached hydrogen (secondary N) is 1. The van der Waals surface area contributed by atoms with Gasteiger partial charge in [0.2, 0.25) is 10.0 Å². The van der Waals surface area contributed by atoms with Gasteiger partial charge in [-0.1, -0.05) is 17.7 Å². The first kappa shape index (κ1) is 17.4. The van der Waals surface area contributed by atoms with E-state index in [-0.39, 0.29) is 11.4 Å². The molecule has 0 saturated carbocycles. The Labute approximate surface area is 125 Å². The smallest absolute Gasteiger partial charge is 0.240 e. The fourth-order valence-electron chi connectivity index (χ4n) is 1.94. The monoisotopic (exact) mass is 320 g/mol. The molecule has 20 heavy (non-hydrogen) atoms. The van der Waals surface area contributed by atoms with Gasteiger partial charge in [0.1, 0.15) is 0 Å². The van der Waals surface area contributed by atoms with Crippen LogP contribution in [0.5, 0.6) is 0 Å². The summed E-state index contributed by atoms with van der Waals surface area (Å²) in [5.74, 6) is 0. The molecule has 0 aliphatic heterocycles. The van der Waals surface area contributed by atoms with Crippen molar-refractivity contribution in [3.8, 4) is 0 Å². The predicted molar refractivity (Wildman–Crippen MR) is 80.6 cm³/mol. The molecule has 0 bridgehead atoms. The van der Waals surface area contributed by atoms with Crippen LogP contribution >= 0.6 is 11.6 Å². The van der Waals surface area contributed by atoms with Gasteiger partial charge in [-0.05, 0) is 45.6 Å². The van der Waals surface area contributed by atoms with E-state index in [1.807, 2.05) is 14.1 Å². The van der Waals surface area contributed by atoms with Gasteiger partial charge < -0.3 is 10.0 Å². The molecule has 7 heteroatoms. The van der Waals surface area contributed by atoms with E-state index in [1.54, 1.807) is 30.9 Å². The summed E-state index contributed by atoms with van der Waals surface area (Å²) in [6.07, 6.45) is 0. The molecule has 0 heterocycles. The van der Waals surface area contributed by atoms with E-state index in [2.05, 4.69) is 4.72 Å². The van der Waals surface area contributed by atoms with Gasteiger partial charge in [-0.2, -0.15) is 0 Å². The van der Waals surface area contributed by atoms with Crippen LogP contribution in [0.15, 0.2) is 23.1 Å². The average Bonchev–Trinajstić information content (AvgIpc) is 2.29. The highest BCUT2D eigenvalue weighted by Gasteiger charge is 2.26. The molecular formula is C13H21ClN2O3S. The maximum atomic E-state index is 12.2. The van der Waals surface area contributed by atoms with E-state index >= 15 is 0 Å². The molecule has 1 unspecified atom stereocenters. The lowest BCUT2D eigenvalue weighted by Crippen LogP contribution is -2.47. The molecule has 2 N–H and O–H groups in total. The van der Waals surface area contributed by atoms with E-state index in [0.717, 1.165) is 0 Å². The number of benzene rings is 1. The molecule has 0 fully saturated rings. The second-order valence-electron chi connectivity index (χ2n) is 5.42. The summed E-state index contributed by atoms with van der Waals surface area (Å²) >= 11 is 5.93. The normalized spacial score (nSPS) is 15.3. The van der Waals surface area contributed by atoms with Crippen LogP contribution < -0.4 is 4.72 Å². The fourth-order valence-corrected chi connectivity index (χ4v) is 3.60. The Morgan fingerprint density at radius 2 is 2.00 bits per heavy atom. The zero-order valence-electron chi connectivity index (χ0n) is 12.1. The highest BCUT2D eigenvalue weighted by molar-refractivity contribution is 7.89. The van der Waals surface area contributed by atoms with E-state index in [9.17, 15) is 13.5 Å². The van der Waals surface area contributed by atoms with Gasteiger partial charge in [-0.25, -0.2) is 13.1 Å². The van der Waals surface area contributed by atoms with Crippen molar-refractivity contribution >= 4 is 21.6 Å². The Morgan fingerprint density at radius 1 is 1.40 bits per heavy atom. The van der Waals surface area contributed by atoms with Gasteiger partial charge in [0, 0.05) is 18.1 Å². The number of rotatable bonds is 6. The molecule has 0 radical (unpaired) electrons. The van der Waals surface area contributed by atoms with E-state index in [0.29, 0.717) is 17.1 Å². The van der Waals surface area contributed by atoms with Crippen molar-refractivity contribution in [2.75, 3.05) is 27.2 Å². The molecule has 1 aromatic rings. The summed E-state index contributed by atoms with van der Waals surface area (Å²) in [5, 5.41) is 10.5. The molecule has 0 aromatic heterocycles. The molecule has 0 aliphatic carbocycles. The van der Waals surface area contributed by atoms with Crippen LogP contribution in [0.1, 0.15) is 12.5 Å². The molecule has 1 rings (SSSR count). The number of sulfonamides is 1. The molecular weight excluding hydrogens is 300 g/mol. The fraction of sp³-hybridized carbons (Fsp3) is 0.538. The van der Waals surface area contributed by atoms with Crippen LogP contribution in [0.4, 0.5) is 0 Å². The first-order chi connectivity index (χ1) is 9.05. The molecule has 0 amide bonds. The third kappa shape index (κ3) is 4.71. The molecule has 0 spiro atoms. The summed E-state index contributed by atoms with van der Waals surface area (Å²) in [5.41, 5.74) is -0.655. The molecule has 5 nitrogen and oxygen atoms in total. The highest BCUT2D eigenvalue weighted by Crippen LogP contribution is 2.22. The van der Waals surface area contributed by atoms with Gasteiger partial charge in [0.25, 0.3) is 0 Å². The molecule has 0 aliphatic rings. The summed E-state index contributed by atoms with van der Waals surface area (Å²) in [7, 11) is -0.0762. The first-order valence-electron chi connectivity index (χ1n) is 6.17. The van der Waals surface area contributed by atoms with Crippen molar-refractivity contribution in [1.29, 1.82) is 0 Å². The van der Waals surface area contributed by atoms with Gasteiger partial charge in [0.15, 0.2) is 0 Å². The quantitative estimate of drug-likeness (QED) is 0.827. The summed E-state index contributed by atoms with van der Waals surface area (Å²) < 4.78 is 26.9. The second-order valence-corrected chi connectivity index (χ2v) is 7.56. The Hall–Kier alpha value is -0.660. The van der Waals surface area contributed by atoms with Crippen LogP contribution in [-0.4, -0.2) is 51.2 Å². The van der Waals surface area contributed by atoms with E-state index < -0.39 is 15.6 Å². The number of halogens is 1. The molecule has 0 saturated heterocycles. The third-order valence-corrected chi connectivity index (χ3v) is 4.76. The van der Waals surface area contributed by atoms with Crippen molar-refractivity contribution in [1.82, 2.24) is 9.62 Å². The van der Waals surface area contributed by atoms with Crippen molar-refractivity contribution in [3.63, 3.8) is 0 Å². The SMILES string of the molecule is Cc1c(Cl)cccc1S(=O)(=O)NCC(C)(O)CN(C)C. The third-order valence-electron chi connectivity index (χ3n) is 2.81. The Morgan fingerprint density at radius 3 is 2.55 bits per heavy atom. The Kier molecular flexibility index (Phi) is 5.57. The standard InChI is InChI=1S/C13H21ClN2O3S/c1-10-11(14)6-5-7-12(10)20(18,19)15-8-13(2,17)9-16(3)4/h5-7,15,17H,8-9H2,1-4H3. The minimum atomic E-state index is -3.70. The topological polar surface area (TPSA) is 69.6 Å². The van der Waals surface area contributed by atoms with Gasteiger partial charge in [-0.15, -0.1) is 0 Å². The minimum Gasteiger partial charge on any atom is -0.387 e. The maximum Gasteiger partial charge on any atom is 0.240 e. The van der Waals surface area contributed by atoms with Crippen LogP contribution in [0.3, 0.4) is 0 Å². The number of aliphatic hydroxyl groups is 1. The number of likely N-dealkylation sites (N-methyl/N-ethyl adjacent to an activating group) is 1. The molecule has 1 atom stereocenters. The predicted octanol–water partition coefficient (Wildman–Crippen LogP) is 1.24. The minimum absolute atomic E-state index is 0.0700. The molecule has 1 aromatic carbocycles. The highest BCUT2D eigenvalue weighted by atomic mass is 35.5. The number of hydrogen-bond donors (Lipinski definition) is 2. The number of nitrogens with zero attached hydrogens (tertiary/aromatic N) is 1. The van der Waals surface area contributed by atoms with Gasteiger partial charge in [0.05, 0.1) is 10.5 Å². The zero-order valence-corrected chi connectivity index (χ0v) is 13.7. The van der Waals surface area contributed by atoms with Crippen LogP contribution in [-0.2, 0) is 10.0 Å². The zero-order chi connectivity index (χ0) is 15.6. The van der Waals surface area contributed by atoms with Crippen molar-refractivity contribution in [3.05, 3.63) is 28.8 Å². The maximum absolute atomic E-state index is 12.2. The number of hydrogen-bond acceptors (Lipinski definition) is 4. The summed E-state index contributed by atoms with van der Waals surface area (Å²) in [6.45, 7) is 3.51. The van der Waals surface area contributed by atoms with E-state index in [4.69, 9.17) is 11.6 Å². The van der Waals surface area contributed by atoms with Crippen LogP contribution in [0.2, 0.25) is 5.02 Å². The Bertz CT molecular complexity index is 571. The Balaban J connectivity index is 2.89. The largest absolute Gasteiger partial charge is 0.387 e. The van der Waals surface area contributed by atoms with Crippen molar-refractivity contribution in [2.24, 2.45) is 0 Å². The van der Waals surface area contributed by atoms with Crippen molar-refractivity contribution in [2.45, 2.75) is 24.3 Å². The lowest BCUT2D eigenvalue weighted by molar-refractivity contribution is 0.0386. The van der Waals surface area contributed by atoms with E-state index in [1.165, 1.54) is 6.07 Å². The lowest BCUT2D eigenvalue weighted by atomic mass is 10.1. The lowest BCUT2D eigenvalue weighted by Gasteiger charge is -2.27. The molecule has 114 valence electrons. The van der Waals surface area contributed by atoms with Gasteiger partial charge >= 0.3 is 0 Å². The van der Waals surface area contributed by atoms with Crippen LogP contribution in [0, 0.1) is 6.92 Å². The second kappa shape index (κ2) is 6.41. The van der Waals surface area contributed by atoms with Crippen LogP contribution in [0.25, 0.3) is 0 Å². The summed E-state index contributed by atoms with van der Waals surface area (Å²) in [4.78, 5) is 1.92. The first-order valence-corrected chi connectivity index (χ1v) is 8.03. The summed E-state index contributed by atoms with van der Waals surface area (Å²) in [6, 6.07) is 4.71. The average molecular weight is 321 g/mol. The van der Waals surface area contributed by atoms with Gasteiger partial charge in [-0.3, -0.25) is 0 Å².